The zero-order chi connectivity index (χ0) is 62.3. The van der Waals surface area contributed by atoms with Crippen LogP contribution in [-0.2, 0) is 71.5 Å². The molecule has 0 aromatic carbocycles. The third kappa shape index (κ3) is 25.6. The standard InChI is InChI=1S/C51H91N9O24/c1-28-42(71)45(74)32(25-61)82-49(28)79-15-6-11-52-37(66)20-57-40(69)23-60(24-41(70)58-21-38(67)53-12-7-16-80-50-29(2)43(72)46(75)33(26-62)83-50)31(19-56-36(65)10-5-9-35(64)55-14-18-78-4)48(77)59-22-39(68)54-13-8-17-81-51-30(3)44(73)47(76)34(27-63)84-51/h28-34,42-47,49-51,61-63,71-76H,5-27H2,1-4H3,(H,52,66)(H,53,67)(H,54,68)(H,55,64)(H,56,65)(H,57,69)(H,58,70)(H,59,77)/t28?,29?,30?,31?,32?,33?,34?,42-,43-,44-,45+,46+,47+,49-,50-,51-/m1/s1. The van der Waals surface area contributed by atoms with Gasteiger partial charge in [0.1, 0.15) is 42.7 Å². The highest BCUT2D eigenvalue weighted by atomic mass is 16.7. The molecule has 33 nitrogen and oxygen atoms in total. The number of carbonyl (C=O) groups is 8. The van der Waals surface area contributed by atoms with Crippen LogP contribution >= 0.6 is 0 Å². The van der Waals surface area contributed by atoms with E-state index in [0.717, 1.165) is 4.90 Å². The SMILES string of the molecule is COCCNC(=O)CCCC(=O)NCC(C(=O)NCC(=O)NCCCO[C@@H]1OC(CO)[C@H](O)[C@H](O)C1C)N(CC(=O)NCC(=O)NCCCO[C@@H]1OC(CO)[C@H](O)[C@H](O)C1C)CC(=O)NCC(=O)NCCCO[C@@H]1OC(CO)[C@H](O)[C@H](O)C1C. The average molecular weight is 1210 g/mol. The number of methoxy groups -OCH3 is 1. The molecule has 8 amide bonds. The highest BCUT2D eigenvalue weighted by Gasteiger charge is 2.45. The van der Waals surface area contributed by atoms with Crippen LogP contribution in [0, 0.1) is 17.8 Å². The van der Waals surface area contributed by atoms with Crippen molar-refractivity contribution in [3.63, 3.8) is 0 Å². The summed E-state index contributed by atoms with van der Waals surface area (Å²) in [5, 5.41) is 110. The normalized spacial score (nSPS) is 28.1. The second kappa shape index (κ2) is 39.7. The molecular weight excluding hydrogens is 1120 g/mol. The highest BCUT2D eigenvalue weighted by Crippen LogP contribution is 2.29. The van der Waals surface area contributed by atoms with Gasteiger partial charge in [-0.25, -0.2) is 0 Å². The first-order chi connectivity index (χ1) is 40.1. The summed E-state index contributed by atoms with van der Waals surface area (Å²) in [5.41, 5.74) is 0. The van der Waals surface area contributed by atoms with Gasteiger partial charge >= 0.3 is 0 Å². The largest absolute Gasteiger partial charge is 0.394 e. The van der Waals surface area contributed by atoms with Crippen molar-refractivity contribution in [2.24, 2.45) is 17.8 Å². The molecule has 3 aliphatic heterocycles. The van der Waals surface area contributed by atoms with Gasteiger partial charge in [-0.2, -0.15) is 0 Å². The molecule has 7 unspecified atom stereocenters. The first-order valence-corrected chi connectivity index (χ1v) is 28.2. The van der Waals surface area contributed by atoms with E-state index in [1.54, 1.807) is 20.8 Å². The van der Waals surface area contributed by atoms with E-state index in [4.69, 9.17) is 33.2 Å². The van der Waals surface area contributed by atoms with E-state index < -0.39 is 198 Å². The Morgan fingerprint density at radius 1 is 0.429 bits per heavy atom. The maximum Gasteiger partial charge on any atom is 0.239 e. The molecule has 3 rings (SSSR count). The van der Waals surface area contributed by atoms with Crippen LogP contribution in [0.2, 0.25) is 0 Å². The van der Waals surface area contributed by atoms with Crippen LogP contribution in [0.15, 0.2) is 0 Å². The molecule has 0 bridgehead atoms. The van der Waals surface area contributed by atoms with E-state index in [1.807, 2.05) is 0 Å². The lowest BCUT2D eigenvalue weighted by Crippen LogP contribution is -2.58. The Kier molecular flexibility index (Phi) is 34.7. The minimum absolute atomic E-state index is 0.0134. The third-order valence-corrected chi connectivity index (χ3v) is 14.0. The third-order valence-electron chi connectivity index (χ3n) is 14.0. The van der Waals surface area contributed by atoms with Crippen molar-refractivity contribution in [1.29, 1.82) is 0 Å². The quantitative estimate of drug-likeness (QED) is 0.0254. The summed E-state index contributed by atoms with van der Waals surface area (Å²) in [4.78, 5) is 106. The van der Waals surface area contributed by atoms with Gasteiger partial charge in [0.25, 0.3) is 0 Å². The van der Waals surface area contributed by atoms with Crippen molar-refractivity contribution in [3.05, 3.63) is 0 Å². The Morgan fingerprint density at radius 3 is 1.13 bits per heavy atom. The summed E-state index contributed by atoms with van der Waals surface area (Å²) < 4.78 is 38.5. The minimum atomic E-state index is -1.58. The lowest BCUT2D eigenvalue weighted by atomic mass is 9.92. The molecule has 3 heterocycles. The Hall–Kier alpha value is -4.92. The fraction of sp³-hybridized carbons (Fsp3) is 0.843. The van der Waals surface area contributed by atoms with Gasteiger partial charge < -0.3 is 122 Å². The number of aliphatic hydroxyl groups excluding tert-OH is 9. The van der Waals surface area contributed by atoms with Crippen LogP contribution in [0.5, 0.6) is 0 Å². The van der Waals surface area contributed by atoms with E-state index >= 15 is 0 Å². The zero-order valence-electron chi connectivity index (χ0n) is 48.1. The number of amides is 8. The molecule has 484 valence electrons. The molecule has 3 aliphatic rings. The number of ether oxygens (including phenoxy) is 7. The number of hydrogen-bond acceptors (Lipinski definition) is 25. The van der Waals surface area contributed by atoms with Gasteiger partial charge in [0.05, 0.1) is 97.3 Å². The fourth-order valence-corrected chi connectivity index (χ4v) is 8.79. The monoisotopic (exact) mass is 1210 g/mol. The van der Waals surface area contributed by atoms with Gasteiger partial charge in [0, 0.05) is 70.4 Å². The Morgan fingerprint density at radius 2 is 0.774 bits per heavy atom. The average Bonchev–Trinajstić information content (AvgIpc) is 3.36. The molecule has 84 heavy (non-hydrogen) atoms. The Balaban J connectivity index is 1.67. The van der Waals surface area contributed by atoms with Crippen molar-refractivity contribution >= 4 is 47.3 Å². The van der Waals surface area contributed by atoms with Gasteiger partial charge in [-0.3, -0.25) is 43.3 Å². The summed E-state index contributed by atoms with van der Waals surface area (Å²) in [6, 6.07) is -1.58. The maximum absolute atomic E-state index is 14.1. The summed E-state index contributed by atoms with van der Waals surface area (Å²) in [6.07, 6.45) is -13.2. The molecule has 0 spiro atoms. The van der Waals surface area contributed by atoms with Gasteiger partial charge in [0.15, 0.2) is 18.9 Å². The van der Waals surface area contributed by atoms with Gasteiger partial charge in [-0.1, -0.05) is 20.8 Å². The molecule has 0 aromatic heterocycles. The van der Waals surface area contributed by atoms with Gasteiger partial charge in [-0.15, -0.1) is 0 Å². The number of carbonyl (C=O) groups excluding carboxylic acids is 8. The molecule has 0 saturated carbocycles. The van der Waals surface area contributed by atoms with E-state index in [2.05, 4.69) is 42.5 Å². The molecule has 33 heteroatoms. The molecular formula is C51H91N9O24. The summed E-state index contributed by atoms with van der Waals surface area (Å²) >= 11 is 0. The second-order valence-corrected chi connectivity index (χ2v) is 20.6. The van der Waals surface area contributed by atoms with Crippen LogP contribution in [-0.4, -0.2) is 297 Å². The van der Waals surface area contributed by atoms with Crippen molar-refractivity contribution in [2.75, 3.05) is 119 Å². The summed E-state index contributed by atoms with van der Waals surface area (Å²) in [7, 11) is 1.46. The molecule has 3 fully saturated rings. The predicted octanol–water partition coefficient (Wildman–Crippen LogP) is -9.15. The van der Waals surface area contributed by atoms with Crippen LogP contribution in [0.25, 0.3) is 0 Å². The Labute approximate surface area is 486 Å². The summed E-state index contributed by atoms with van der Waals surface area (Å²) in [6.45, 7) is -0.112. The summed E-state index contributed by atoms with van der Waals surface area (Å²) in [5.74, 6) is -7.64. The first-order valence-electron chi connectivity index (χ1n) is 28.2. The number of rotatable bonds is 39. The van der Waals surface area contributed by atoms with Gasteiger partial charge in [0.2, 0.25) is 47.3 Å². The van der Waals surface area contributed by atoms with Gasteiger partial charge in [-0.05, 0) is 25.7 Å². The lowest BCUT2D eigenvalue weighted by molar-refractivity contribution is -0.282. The molecule has 3 saturated heterocycles. The molecule has 0 aliphatic carbocycles. The maximum atomic E-state index is 14.1. The van der Waals surface area contributed by atoms with Crippen molar-refractivity contribution < 1.29 is 117 Å². The number of aliphatic hydroxyl groups is 9. The van der Waals surface area contributed by atoms with E-state index in [9.17, 15) is 84.3 Å². The smallest absolute Gasteiger partial charge is 0.239 e. The molecule has 17 N–H and O–H groups in total. The van der Waals surface area contributed by atoms with E-state index in [0.29, 0.717) is 0 Å². The van der Waals surface area contributed by atoms with Crippen molar-refractivity contribution in [1.82, 2.24) is 47.4 Å². The molecule has 16 atom stereocenters. The number of hydrogen-bond donors (Lipinski definition) is 17. The second-order valence-electron chi connectivity index (χ2n) is 20.6. The van der Waals surface area contributed by atoms with Crippen LogP contribution in [0.1, 0.15) is 59.3 Å². The molecule has 0 radical (unpaired) electrons. The number of nitrogens with one attached hydrogen (secondary N) is 8. The van der Waals surface area contributed by atoms with Crippen molar-refractivity contribution in [3.8, 4) is 0 Å². The first kappa shape index (κ1) is 73.3. The van der Waals surface area contributed by atoms with E-state index in [1.165, 1.54) is 7.11 Å². The fourth-order valence-electron chi connectivity index (χ4n) is 8.79. The van der Waals surface area contributed by atoms with E-state index in [-0.39, 0.29) is 97.0 Å². The topological polar surface area (TPSA) is 483 Å². The Bertz CT molecular complexity index is 1940. The lowest BCUT2D eigenvalue weighted by Gasteiger charge is -2.40. The zero-order valence-corrected chi connectivity index (χ0v) is 48.1. The molecule has 0 aromatic rings. The van der Waals surface area contributed by atoms with Crippen molar-refractivity contribution in [2.45, 2.75) is 139 Å². The van der Waals surface area contributed by atoms with Crippen LogP contribution < -0.4 is 42.5 Å². The minimum Gasteiger partial charge on any atom is -0.394 e. The van der Waals surface area contributed by atoms with Crippen LogP contribution in [0.4, 0.5) is 0 Å². The van der Waals surface area contributed by atoms with Crippen LogP contribution in [0.3, 0.4) is 0 Å². The predicted molar refractivity (Wildman–Crippen MR) is 288 cm³/mol. The number of nitrogens with zero attached hydrogens (tertiary/aromatic N) is 1. The highest BCUT2D eigenvalue weighted by molar-refractivity contribution is 5.91.